The lowest BCUT2D eigenvalue weighted by Crippen LogP contribution is -2.35. The van der Waals surface area contributed by atoms with Gasteiger partial charge in [0.1, 0.15) is 5.82 Å². The number of nitrogens with two attached hydrogens (primary N) is 1. The second kappa shape index (κ2) is 8.61. The zero-order valence-electron chi connectivity index (χ0n) is 19.8. The van der Waals surface area contributed by atoms with Crippen LogP contribution in [0, 0.1) is 12.3 Å². The van der Waals surface area contributed by atoms with E-state index in [1.54, 1.807) is 25.5 Å². The Balaban J connectivity index is 1.32. The lowest BCUT2D eigenvalue weighted by molar-refractivity contribution is -0.140. The molecule has 0 radical (unpaired) electrons. The minimum absolute atomic E-state index is 0.0912. The SMILES string of the molecule is Cc1ccncc1-c1cc(N)c2cnc(NC(=O)C=C3CCC4(CC3)CC(=O)N(C)C4=O)cc2c1. The fraction of sp³-hybridized carbons (Fsp3) is 0.296. The number of allylic oxidation sites excluding steroid dienone is 1. The summed E-state index contributed by atoms with van der Waals surface area (Å²) in [5.74, 6) is -0.0400. The number of aromatic nitrogens is 2. The number of nitrogens with one attached hydrogen (secondary N) is 1. The van der Waals surface area contributed by atoms with E-state index in [9.17, 15) is 14.4 Å². The first-order valence-electron chi connectivity index (χ1n) is 11.7. The molecular weight excluding hydrogens is 442 g/mol. The average Bonchev–Trinajstić information content (AvgIpc) is 3.04. The second-order valence-electron chi connectivity index (χ2n) is 9.55. The minimum Gasteiger partial charge on any atom is -0.398 e. The number of benzene rings is 1. The van der Waals surface area contributed by atoms with Crippen molar-refractivity contribution >= 4 is 40.0 Å². The van der Waals surface area contributed by atoms with Gasteiger partial charge >= 0.3 is 0 Å². The Bertz CT molecular complexity index is 1400. The highest BCUT2D eigenvalue weighted by Crippen LogP contribution is 2.46. The molecule has 3 aromatic rings. The summed E-state index contributed by atoms with van der Waals surface area (Å²) in [4.78, 5) is 47.0. The molecule has 5 rings (SSSR count). The van der Waals surface area contributed by atoms with Crippen molar-refractivity contribution in [2.75, 3.05) is 18.1 Å². The predicted molar refractivity (Wildman–Crippen MR) is 134 cm³/mol. The Morgan fingerprint density at radius 3 is 2.63 bits per heavy atom. The Hall–Kier alpha value is -4.07. The molecule has 178 valence electrons. The van der Waals surface area contributed by atoms with E-state index >= 15 is 0 Å². The van der Waals surface area contributed by atoms with E-state index in [0.29, 0.717) is 37.2 Å². The van der Waals surface area contributed by atoms with Gasteiger partial charge in [-0.1, -0.05) is 5.57 Å². The average molecular weight is 470 g/mol. The molecule has 2 aromatic heterocycles. The molecule has 3 N–H and O–H groups in total. The lowest BCUT2D eigenvalue weighted by Gasteiger charge is -2.31. The van der Waals surface area contributed by atoms with Crippen LogP contribution in [0.15, 0.2) is 54.5 Å². The topological polar surface area (TPSA) is 118 Å². The maximum absolute atomic E-state index is 12.7. The zero-order chi connectivity index (χ0) is 24.7. The Kier molecular flexibility index (Phi) is 5.59. The lowest BCUT2D eigenvalue weighted by atomic mass is 9.71. The van der Waals surface area contributed by atoms with E-state index in [-0.39, 0.29) is 24.1 Å². The molecule has 0 atom stereocenters. The molecule has 8 nitrogen and oxygen atoms in total. The number of fused-ring (bicyclic) bond motifs is 1. The Morgan fingerprint density at radius 1 is 1.17 bits per heavy atom. The molecular formula is C27H27N5O3. The number of carbonyl (C=O) groups excluding carboxylic acids is 3. The number of aryl methyl sites for hydroxylation is 1. The highest BCUT2D eigenvalue weighted by molar-refractivity contribution is 6.06. The molecule has 1 saturated carbocycles. The van der Waals surface area contributed by atoms with Gasteiger partial charge in [0.2, 0.25) is 17.7 Å². The number of hydrogen-bond acceptors (Lipinski definition) is 6. The van der Waals surface area contributed by atoms with Gasteiger partial charge in [-0.2, -0.15) is 0 Å². The molecule has 1 aromatic carbocycles. The maximum Gasteiger partial charge on any atom is 0.249 e. The molecule has 2 aliphatic rings. The van der Waals surface area contributed by atoms with Crippen LogP contribution in [0.25, 0.3) is 21.9 Å². The van der Waals surface area contributed by atoms with E-state index < -0.39 is 5.41 Å². The number of hydrogen-bond donors (Lipinski definition) is 2. The number of rotatable bonds is 3. The van der Waals surface area contributed by atoms with Crippen LogP contribution in [-0.4, -0.2) is 39.6 Å². The highest BCUT2D eigenvalue weighted by atomic mass is 16.2. The number of nitrogens with zero attached hydrogens (tertiary/aromatic N) is 3. The van der Waals surface area contributed by atoms with Crippen LogP contribution in [0.5, 0.6) is 0 Å². The van der Waals surface area contributed by atoms with Crippen molar-refractivity contribution in [3.05, 3.63) is 60.1 Å². The third-order valence-corrected chi connectivity index (χ3v) is 7.28. The van der Waals surface area contributed by atoms with Gasteiger partial charge in [-0.3, -0.25) is 24.3 Å². The molecule has 1 spiro atoms. The van der Waals surface area contributed by atoms with Gasteiger partial charge in [-0.25, -0.2) is 4.98 Å². The largest absolute Gasteiger partial charge is 0.398 e. The summed E-state index contributed by atoms with van der Waals surface area (Å²) in [6.07, 6.45) is 9.51. The molecule has 0 bridgehead atoms. The quantitative estimate of drug-likeness (QED) is 0.340. The number of amides is 3. The summed E-state index contributed by atoms with van der Waals surface area (Å²) in [6.45, 7) is 2.02. The van der Waals surface area contributed by atoms with Crippen LogP contribution in [0.4, 0.5) is 11.5 Å². The molecule has 35 heavy (non-hydrogen) atoms. The summed E-state index contributed by atoms with van der Waals surface area (Å²) in [5, 5.41) is 4.53. The van der Waals surface area contributed by atoms with Gasteiger partial charge in [0.15, 0.2) is 0 Å². The molecule has 1 saturated heterocycles. The minimum atomic E-state index is -0.593. The fourth-order valence-corrected chi connectivity index (χ4v) is 5.16. The fourth-order valence-electron chi connectivity index (χ4n) is 5.16. The Labute approximate surface area is 203 Å². The van der Waals surface area contributed by atoms with Crippen LogP contribution in [0.2, 0.25) is 0 Å². The van der Waals surface area contributed by atoms with Crippen molar-refractivity contribution in [2.45, 2.75) is 39.0 Å². The van der Waals surface area contributed by atoms with Crippen molar-refractivity contribution in [3.63, 3.8) is 0 Å². The summed E-state index contributed by atoms with van der Waals surface area (Å²) >= 11 is 0. The van der Waals surface area contributed by atoms with Crippen LogP contribution < -0.4 is 11.1 Å². The normalized spacial score (nSPS) is 20.1. The zero-order valence-corrected chi connectivity index (χ0v) is 19.8. The first-order chi connectivity index (χ1) is 16.8. The number of pyridine rings is 2. The van der Waals surface area contributed by atoms with Crippen LogP contribution >= 0.6 is 0 Å². The first-order valence-corrected chi connectivity index (χ1v) is 11.7. The summed E-state index contributed by atoms with van der Waals surface area (Å²) in [7, 11) is 1.54. The monoisotopic (exact) mass is 469 g/mol. The van der Waals surface area contributed by atoms with E-state index in [2.05, 4.69) is 15.3 Å². The molecule has 3 amide bonds. The second-order valence-corrected chi connectivity index (χ2v) is 9.55. The maximum atomic E-state index is 12.7. The van der Waals surface area contributed by atoms with Crippen LogP contribution in [0.3, 0.4) is 0 Å². The van der Waals surface area contributed by atoms with E-state index in [1.165, 1.54) is 4.90 Å². The van der Waals surface area contributed by atoms with Crippen LogP contribution in [0.1, 0.15) is 37.7 Å². The van der Waals surface area contributed by atoms with Gasteiger partial charge in [0.25, 0.3) is 0 Å². The number of imide groups is 1. The smallest absolute Gasteiger partial charge is 0.249 e. The van der Waals surface area contributed by atoms with Gasteiger partial charge in [0.05, 0.1) is 5.41 Å². The van der Waals surface area contributed by atoms with Crippen molar-refractivity contribution in [1.82, 2.24) is 14.9 Å². The molecule has 8 heteroatoms. The third-order valence-electron chi connectivity index (χ3n) is 7.28. The third kappa shape index (κ3) is 4.16. The van der Waals surface area contributed by atoms with Crippen molar-refractivity contribution in [3.8, 4) is 11.1 Å². The summed E-state index contributed by atoms with van der Waals surface area (Å²) < 4.78 is 0. The molecule has 1 aliphatic heterocycles. The molecule has 3 heterocycles. The van der Waals surface area contributed by atoms with Crippen molar-refractivity contribution < 1.29 is 14.4 Å². The highest BCUT2D eigenvalue weighted by Gasteiger charge is 2.50. The number of anilines is 2. The number of likely N-dealkylation sites (tertiary alicyclic amines) is 1. The van der Waals surface area contributed by atoms with E-state index in [4.69, 9.17) is 5.73 Å². The van der Waals surface area contributed by atoms with Gasteiger partial charge in [-0.05, 0) is 73.4 Å². The van der Waals surface area contributed by atoms with E-state index in [1.807, 2.05) is 37.4 Å². The van der Waals surface area contributed by atoms with Gasteiger partial charge in [-0.15, -0.1) is 0 Å². The number of carbonyl (C=O) groups is 3. The number of nitrogen functional groups attached to an aromatic ring is 1. The van der Waals surface area contributed by atoms with Crippen molar-refractivity contribution in [1.29, 1.82) is 0 Å². The van der Waals surface area contributed by atoms with E-state index in [0.717, 1.165) is 33.0 Å². The predicted octanol–water partition coefficient (Wildman–Crippen LogP) is 4.00. The standard InChI is InChI=1S/C27H27N5O3/c1-16-5-8-29-14-20(16)18-10-19-12-23(30-15-21(19)22(28)11-18)31-24(33)9-17-3-6-27(7-4-17)13-25(34)32(2)26(27)35/h5,8-12,14-15H,3-4,6-7,13,28H2,1-2H3,(H,30,31,33). The summed E-state index contributed by atoms with van der Waals surface area (Å²) in [5.41, 5.74) is 10.3. The first kappa shape index (κ1) is 22.7. The summed E-state index contributed by atoms with van der Waals surface area (Å²) in [6, 6.07) is 7.69. The molecule has 2 fully saturated rings. The van der Waals surface area contributed by atoms with Gasteiger partial charge < -0.3 is 11.1 Å². The Morgan fingerprint density at radius 2 is 1.94 bits per heavy atom. The molecule has 1 aliphatic carbocycles. The van der Waals surface area contributed by atoms with Crippen LogP contribution in [-0.2, 0) is 14.4 Å². The van der Waals surface area contributed by atoms with Crippen molar-refractivity contribution in [2.24, 2.45) is 5.41 Å². The van der Waals surface area contributed by atoms with Gasteiger partial charge in [0, 0.05) is 54.8 Å². The molecule has 0 unspecified atom stereocenters.